The van der Waals surface area contributed by atoms with Gasteiger partial charge < -0.3 is 4.74 Å². The molecule has 4 heterocycles. The minimum atomic E-state index is -0.0494. The first-order chi connectivity index (χ1) is 30.4. The monoisotopic (exact) mass is 855 g/mol. The van der Waals surface area contributed by atoms with E-state index in [1.807, 2.05) is 11.3 Å². The molecule has 8 aromatic rings. The number of pyridine rings is 1. The SMILES string of the molecule is Cc1ccc2c(c1)B1c3sc4ccc(C(C)(C)C)cc4c3N(c3ccc(C(C)(C)C)cc3)c3nc(N(c4ccc5c(c4)C(C)(C)CCC5(C)C)c4ccc5ccccc5c4)cc(c31)O2. The fraction of sp³-hybridized carbons (Fsp3) is 0.293. The zero-order valence-corrected chi connectivity index (χ0v) is 40.1. The van der Waals surface area contributed by atoms with Crippen LogP contribution < -0.4 is 30.2 Å². The smallest absolute Gasteiger partial charge is 0.271 e. The number of benzene rings is 6. The molecule has 0 unspecified atom stereocenters. The Morgan fingerprint density at radius 2 is 1.33 bits per heavy atom. The summed E-state index contributed by atoms with van der Waals surface area (Å²) in [7, 11) is 0. The first-order valence-electron chi connectivity index (χ1n) is 23.1. The molecule has 0 fully saturated rings. The van der Waals surface area contributed by atoms with Gasteiger partial charge in [0.1, 0.15) is 23.1 Å². The van der Waals surface area contributed by atoms with Gasteiger partial charge in [-0.2, -0.15) is 0 Å². The van der Waals surface area contributed by atoms with Crippen molar-refractivity contribution in [3.8, 4) is 11.5 Å². The van der Waals surface area contributed by atoms with Gasteiger partial charge in [-0.1, -0.05) is 142 Å². The summed E-state index contributed by atoms with van der Waals surface area (Å²) in [6, 6.07) is 47.9. The molecule has 0 saturated carbocycles. The van der Waals surface area contributed by atoms with E-state index in [1.54, 1.807) is 0 Å². The number of ether oxygens (including phenoxy) is 1. The molecule has 0 amide bonds. The molecule has 2 aromatic heterocycles. The molecule has 0 bridgehead atoms. The lowest BCUT2D eigenvalue weighted by molar-refractivity contribution is 0.332. The quantitative estimate of drug-likeness (QED) is 0.165. The maximum Gasteiger partial charge on any atom is 0.271 e. The highest BCUT2D eigenvalue weighted by Gasteiger charge is 2.46. The van der Waals surface area contributed by atoms with Crippen molar-refractivity contribution in [3.63, 3.8) is 0 Å². The van der Waals surface area contributed by atoms with Gasteiger partial charge in [0.2, 0.25) is 0 Å². The lowest BCUT2D eigenvalue weighted by Crippen LogP contribution is -2.59. The first-order valence-corrected chi connectivity index (χ1v) is 23.9. The average Bonchev–Trinajstić information content (AvgIpc) is 3.63. The Morgan fingerprint density at radius 3 is 2.06 bits per heavy atom. The maximum absolute atomic E-state index is 7.18. The van der Waals surface area contributed by atoms with E-state index in [2.05, 4.69) is 213 Å². The molecule has 3 aliphatic rings. The molecule has 0 atom stereocenters. The Bertz CT molecular complexity index is 3200. The van der Waals surface area contributed by atoms with Gasteiger partial charge in [-0.15, -0.1) is 11.3 Å². The molecular weight excluding hydrogens is 798 g/mol. The summed E-state index contributed by atoms with van der Waals surface area (Å²) in [5.41, 5.74) is 13.6. The highest BCUT2D eigenvalue weighted by Crippen LogP contribution is 2.51. The number of thiophene rings is 1. The van der Waals surface area contributed by atoms with Gasteiger partial charge in [0.25, 0.3) is 6.71 Å². The van der Waals surface area contributed by atoms with Gasteiger partial charge in [-0.05, 0) is 135 Å². The fourth-order valence-corrected chi connectivity index (χ4v) is 11.9. The second kappa shape index (κ2) is 14.1. The number of hydrogen-bond donors (Lipinski definition) is 0. The largest absolute Gasteiger partial charge is 0.458 e. The summed E-state index contributed by atoms with van der Waals surface area (Å²) in [6.45, 7) is 25.6. The van der Waals surface area contributed by atoms with E-state index >= 15 is 0 Å². The van der Waals surface area contributed by atoms with Crippen molar-refractivity contribution in [1.29, 1.82) is 0 Å². The van der Waals surface area contributed by atoms with Gasteiger partial charge in [0.05, 0.1) is 5.69 Å². The molecular formula is C58H58BN3OS. The van der Waals surface area contributed by atoms with Crippen LogP contribution in [0.1, 0.15) is 110 Å². The zero-order valence-electron chi connectivity index (χ0n) is 39.3. The van der Waals surface area contributed by atoms with Gasteiger partial charge in [-0.3, -0.25) is 9.80 Å². The predicted molar refractivity (Wildman–Crippen MR) is 275 cm³/mol. The fourth-order valence-electron chi connectivity index (χ4n) is 10.6. The number of aryl methyl sites for hydroxylation is 1. The summed E-state index contributed by atoms with van der Waals surface area (Å²) in [5, 5.41) is 3.66. The Morgan fingerprint density at radius 1 is 0.656 bits per heavy atom. The van der Waals surface area contributed by atoms with Crippen molar-refractivity contribution >= 4 is 89.0 Å². The van der Waals surface area contributed by atoms with Gasteiger partial charge in [-0.25, -0.2) is 4.98 Å². The molecule has 6 aromatic carbocycles. The third kappa shape index (κ3) is 6.50. The van der Waals surface area contributed by atoms with Crippen LogP contribution in [0.5, 0.6) is 11.5 Å². The van der Waals surface area contributed by atoms with E-state index < -0.39 is 0 Å². The van der Waals surface area contributed by atoms with E-state index in [0.717, 1.165) is 52.1 Å². The minimum absolute atomic E-state index is 0.0130. The summed E-state index contributed by atoms with van der Waals surface area (Å²) < 4.78 is 9.78. The van der Waals surface area contributed by atoms with Crippen LogP contribution in [0.2, 0.25) is 0 Å². The van der Waals surface area contributed by atoms with Crippen molar-refractivity contribution in [3.05, 3.63) is 155 Å². The molecule has 11 rings (SSSR count). The van der Waals surface area contributed by atoms with E-state index in [0.29, 0.717) is 0 Å². The van der Waals surface area contributed by atoms with Crippen molar-refractivity contribution in [2.24, 2.45) is 0 Å². The lowest BCUT2D eigenvalue weighted by atomic mass is 9.37. The topological polar surface area (TPSA) is 28.6 Å². The highest BCUT2D eigenvalue weighted by molar-refractivity contribution is 7.33. The molecule has 0 spiro atoms. The third-order valence-corrected chi connectivity index (χ3v) is 15.8. The Balaban J connectivity index is 1.23. The molecule has 64 heavy (non-hydrogen) atoms. The zero-order chi connectivity index (χ0) is 44.7. The number of aromatic nitrogens is 1. The molecule has 6 heteroatoms. The number of hydrogen-bond acceptors (Lipinski definition) is 5. The summed E-state index contributed by atoms with van der Waals surface area (Å²) in [6.07, 6.45) is 2.30. The van der Waals surface area contributed by atoms with Gasteiger partial charge in [0, 0.05) is 43.5 Å². The van der Waals surface area contributed by atoms with Crippen LogP contribution >= 0.6 is 11.3 Å². The third-order valence-electron chi connectivity index (χ3n) is 14.5. The number of nitrogens with zero attached hydrogens (tertiary/aromatic N) is 3. The van der Waals surface area contributed by atoms with Gasteiger partial charge in [0.15, 0.2) is 0 Å². The Labute approximate surface area is 384 Å². The molecule has 0 N–H and O–H groups in total. The minimum Gasteiger partial charge on any atom is -0.458 e. The van der Waals surface area contributed by atoms with E-state index in [4.69, 9.17) is 9.72 Å². The Kier molecular flexibility index (Phi) is 9.00. The standard InChI is InChI=1S/C58H58BN3OS/c1-35-16-26-47-46(30-35)59-51-48(63-47)34-50(61(41-21-17-36-14-12-13-15-37(36)31-41)42-24-25-44-45(33-42)58(10,11)29-28-57(44,8)9)60-54(51)62(40-22-18-38(19-23-40)55(2,3)4)52-43-32-39(56(5,6)7)20-27-49(43)64-53(52)59/h12-27,30-34H,28-29H2,1-11H3. The van der Waals surface area contributed by atoms with Crippen LogP contribution in [0.15, 0.2) is 127 Å². The van der Waals surface area contributed by atoms with Crippen molar-refractivity contribution in [1.82, 2.24) is 4.98 Å². The predicted octanol–water partition coefficient (Wildman–Crippen LogP) is 14.6. The number of rotatable bonds is 4. The lowest BCUT2D eigenvalue weighted by Gasteiger charge is -2.42. The second-order valence-corrected chi connectivity index (χ2v) is 23.1. The van der Waals surface area contributed by atoms with Crippen LogP contribution in [0.3, 0.4) is 0 Å². The van der Waals surface area contributed by atoms with E-state index in [1.165, 1.54) is 71.0 Å². The van der Waals surface area contributed by atoms with Crippen LogP contribution in [-0.2, 0) is 21.7 Å². The summed E-state index contributed by atoms with van der Waals surface area (Å²) in [4.78, 5) is 10.8. The second-order valence-electron chi connectivity index (χ2n) is 22.1. The van der Waals surface area contributed by atoms with Crippen molar-refractivity contribution < 1.29 is 4.74 Å². The van der Waals surface area contributed by atoms with E-state index in [-0.39, 0.29) is 28.4 Å². The van der Waals surface area contributed by atoms with Crippen molar-refractivity contribution in [2.75, 3.05) is 9.80 Å². The van der Waals surface area contributed by atoms with Crippen LogP contribution in [0.25, 0.3) is 20.9 Å². The van der Waals surface area contributed by atoms with Crippen LogP contribution in [0.4, 0.5) is 34.4 Å². The van der Waals surface area contributed by atoms with Gasteiger partial charge >= 0.3 is 0 Å². The molecule has 320 valence electrons. The number of fused-ring (bicyclic) bond motifs is 8. The molecule has 1 aliphatic carbocycles. The van der Waals surface area contributed by atoms with E-state index in [9.17, 15) is 0 Å². The molecule has 4 nitrogen and oxygen atoms in total. The molecule has 0 saturated heterocycles. The van der Waals surface area contributed by atoms with Crippen LogP contribution in [-0.4, -0.2) is 11.7 Å². The maximum atomic E-state index is 7.18. The first kappa shape index (κ1) is 40.9. The Hall–Kier alpha value is -5.85. The summed E-state index contributed by atoms with van der Waals surface area (Å²) in [5.74, 6) is 3.48. The van der Waals surface area contributed by atoms with Crippen molar-refractivity contribution in [2.45, 2.75) is 111 Å². The average molecular weight is 856 g/mol. The highest BCUT2D eigenvalue weighted by atomic mass is 32.1. The summed E-state index contributed by atoms with van der Waals surface area (Å²) >= 11 is 1.92. The normalized spacial score (nSPS) is 15.9. The van der Waals surface area contributed by atoms with Crippen LogP contribution in [0, 0.1) is 6.92 Å². The number of anilines is 6. The molecule has 2 aliphatic heterocycles. The molecule has 0 radical (unpaired) electrons.